The van der Waals surface area contributed by atoms with E-state index in [2.05, 4.69) is 11.9 Å². The average molecular weight is 619 g/mol. The van der Waals surface area contributed by atoms with Gasteiger partial charge in [0, 0.05) is 17.0 Å². The molecular formula is C33H31ClN2O6S. The molecule has 2 aliphatic heterocycles. The summed E-state index contributed by atoms with van der Waals surface area (Å²) in [5.41, 5.74) is 2.55. The van der Waals surface area contributed by atoms with Crippen LogP contribution >= 0.6 is 22.9 Å². The first-order valence-electron chi connectivity index (χ1n) is 14.4. The molecule has 43 heavy (non-hydrogen) atoms. The normalized spacial score (nSPS) is 19.1. The molecule has 0 saturated carbocycles. The summed E-state index contributed by atoms with van der Waals surface area (Å²) in [5, 5.41) is 12.6. The summed E-state index contributed by atoms with van der Waals surface area (Å²) in [7, 11) is 0. The maximum absolute atomic E-state index is 13.8. The fourth-order valence-corrected chi connectivity index (χ4v) is 6.74. The minimum Gasteiger partial charge on any atom is -0.507 e. The Hall–Kier alpha value is -4.08. The third-order valence-electron chi connectivity index (χ3n) is 7.50. The van der Waals surface area contributed by atoms with Gasteiger partial charge in [0.2, 0.25) is 0 Å². The summed E-state index contributed by atoms with van der Waals surface area (Å²) in [6.45, 7) is 6.86. The predicted molar refractivity (Wildman–Crippen MR) is 168 cm³/mol. The zero-order valence-corrected chi connectivity index (χ0v) is 25.6. The minimum absolute atomic E-state index is 0.0144. The largest absolute Gasteiger partial charge is 0.507 e. The number of benzene rings is 3. The molecule has 0 radical (unpaired) electrons. The smallest absolute Gasteiger partial charge is 0.301 e. The van der Waals surface area contributed by atoms with Crippen LogP contribution in [0.3, 0.4) is 0 Å². The SMILES string of the molecule is CCCCOc1ccc([C@H]2/C(=C(\O)c3ccc4c(c3)C[C@H](C)O4)C(=O)C(=O)N2c2nc3ccc(Cl)cc3s2)cc1OCC. The second-order valence-electron chi connectivity index (χ2n) is 10.6. The predicted octanol–water partition coefficient (Wildman–Crippen LogP) is 7.48. The van der Waals surface area contributed by atoms with Gasteiger partial charge in [0.1, 0.15) is 17.6 Å². The highest BCUT2D eigenvalue weighted by atomic mass is 35.5. The number of aliphatic hydroxyl groups is 1. The van der Waals surface area contributed by atoms with Gasteiger partial charge in [0.15, 0.2) is 16.6 Å². The summed E-state index contributed by atoms with van der Waals surface area (Å²) in [6.07, 6.45) is 2.57. The van der Waals surface area contributed by atoms with Crippen molar-refractivity contribution >= 4 is 55.7 Å². The van der Waals surface area contributed by atoms with E-state index in [1.807, 2.05) is 19.9 Å². The Kier molecular flexibility index (Phi) is 8.03. The molecule has 0 aliphatic carbocycles. The molecule has 2 aliphatic rings. The standard InChI is InChI=1S/C33H31ClN2O6S/c1-4-6-13-41-25-12-7-19(16-26(25)40-5-2)29-28(30(37)20-8-11-24-21(15-20)14-18(3)42-24)31(38)32(39)36(29)33-35-23-10-9-22(34)17-27(23)43-33/h7-12,15-18,29,37H,4-6,13-14H2,1-3H3/b30-28+/t18-,29-/m0/s1. The number of amides is 1. The molecule has 1 fully saturated rings. The van der Waals surface area contributed by atoms with Crippen molar-refractivity contribution in [3.63, 3.8) is 0 Å². The topological polar surface area (TPSA) is 98.2 Å². The number of carbonyl (C=O) groups is 2. The van der Waals surface area contributed by atoms with E-state index in [1.54, 1.807) is 48.5 Å². The van der Waals surface area contributed by atoms with Crippen molar-refractivity contribution in [2.45, 2.75) is 52.2 Å². The maximum atomic E-state index is 13.8. The molecule has 0 bridgehead atoms. The number of rotatable bonds is 9. The monoisotopic (exact) mass is 618 g/mol. The maximum Gasteiger partial charge on any atom is 0.301 e. The molecule has 8 nitrogen and oxygen atoms in total. The molecule has 3 heterocycles. The Labute approximate surface area is 258 Å². The first-order chi connectivity index (χ1) is 20.8. The molecule has 1 aromatic heterocycles. The molecule has 0 unspecified atom stereocenters. The molecule has 1 saturated heterocycles. The van der Waals surface area contributed by atoms with Crippen LogP contribution in [0.1, 0.15) is 56.3 Å². The number of ether oxygens (including phenoxy) is 3. The van der Waals surface area contributed by atoms with Crippen molar-refractivity contribution in [3.05, 3.63) is 81.9 Å². The Bertz CT molecular complexity index is 1770. The quantitative estimate of drug-likeness (QED) is 0.0899. The van der Waals surface area contributed by atoms with Gasteiger partial charge < -0.3 is 19.3 Å². The summed E-state index contributed by atoms with van der Waals surface area (Å²) in [5.74, 6) is -0.0465. The molecule has 6 rings (SSSR count). The van der Waals surface area contributed by atoms with Crippen molar-refractivity contribution in [3.8, 4) is 17.2 Å². The molecule has 1 N–H and O–H groups in total. The molecule has 1 amide bonds. The third kappa shape index (κ3) is 5.43. The lowest BCUT2D eigenvalue weighted by Crippen LogP contribution is -2.29. The number of hydrogen-bond acceptors (Lipinski definition) is 8. The van der Waals surface area contributed by atoms with Gasteiger partial charge in [-0.05, 0) is 79.9 Å². The van der Waals surface area contributed by atoms with Crippen LogP contribution in [0.15, 0.2) is 60.2 Å². The van der Waals surface area contributed by atoms with Gasteiger partial charge in [0.05, 0.1) is 35.0 Å². The van der Waals surface area contributed by atoms with E-state index in [4.69, 9.17) is 25.8 Å². The lowest BCUT2D eigenvalue weighted by molar-refractivity contribution is -0.132. The van der Waals surface area contributed by atoms with E-state index >= 15 is 0 Å². The zero-order valence-electron chi connectivity index (χ0n) is 24.1. The number of unbranched alkanes of at least 4 members (excludes halogenated alkanes) is 1. The highest BCUT2D eigenvalue weighted by Crippen LogP contribution is 2.46. The second-order valence-corrected chi connectivity index (χ2v) is 12.0. The van der Waals surface area contributed by atoms with E-state index in [0.29, 0.717) is 57.9 Å². The van der Waals surface area contributed by atoms with Gasteiger partial charge in [-0.2, -0.15) is 0 Å². The Balaban J connectivity index is 1.51. The highest BCUT2D eigenvalue weighted by Gasteiger charge is 2.48. The number of thiazole rings is 1. The number of ketones is 1. The average Bonchev–Trinajstić information content (AvgIpc) is 3.65. The number of anilines is 1. The van der Waals surface area contributed by atoms with Crippen molar-refractivity contribution < 1.29 is 28.9 Å². The number of hydrogen-bond donors (Lipinski definition) is 1. The molecule has 222 valence electrons. The van der Waals surface area contributed by atoms with Crippen LogP contribution in [0, 0.1) is 0 Å². The van der Waals surface area contributed by atoms with Gasteiger partial charge in [-0.3, -0.25) is 14.5 Å². The van der Waals surface area contributed by atoms with E-state index in [-0.39, 0.29) is 17.4 Å². The second kappa shape index (κ2) is 11.9. The lowest BCUT2D eigenvalue weighted by Gasteiger charge is -2.24. The van der Waals surface area contributed by atoms with Crippen LogP contribution in [-0.4, -0.2) is 41.1 Å². The number of halogens is 1. The Morgan fingerprint density at radius 1 is 1.09 bits per heavy atom. The van der Waals surface area contributed by atoms with Crippen LogP contribution in [0.5, 0.6) is 17.2 Å². The minimum atomic E-state index is -0.969. The van der Waals surface area contributed by atoms with Gasteiger partial charge in [0.25, 0.3) is 5.78 Å². The van der Waals surface area contributed by atoms with Crippen molar-refractivity contribution in [1.29, 1.82) is 0 Å². The van der Waals surface area contributed by atoms with E-state index < -0.39 is 17.7 Å². The van der Waals surface area contributed by atoms with Gasteiger partial charge >= 0.3 is 5.91 Å². The van der Waals surface area contributed by atoms with Crippen molar-refractivity contribution in [2.75, 3.05) is 18.1 Å². The molecule has 2 atom stereocenters. The summed E-state index contributed by atoms with van der Waals surface area (Å²) in [6, 6.07) is 14.9. The summed E-state index contributed by atoms with van der Waals surface area (Å²) in [4.78, 5) is 33.6. The van der Waals surface area contributed by atoms with E-state index in [1.165, 1.54) is 16.2 Å². The Morgan fingerprint density at radius 3 is 2.72 bits per heavy atom. The number of carbonyl (C=O) groups excluding carboxylic acids is 2. The summed E-state index contributed by atoms with van der Waals surface area (Å²) < 4.78 is 18.5. The van der Waals surface area contributed by atoms with Crippen LogP contribution < -0.4 is 19.1 Å². The van der Waals surface area contributed by atoms with E-state index in [9.17, 15) is 14.7 Å². The zero-order chi connectivity index (χ0) is 30.2. The molecule has 10 heteroatoms. The van der Waals surface area contributed by atoms with Crippen LogP contribution in [-0.2, 0) is 16.0 Å². The van der Waals surface area contributed by atoms with Crippen LogP contribution in [0.25, 0.3) is 16.0 Å². The van der Waals surface area contributed by atoms with Gasteiger partial charge in [-0.25, -0.2) is 4.98 Å². The highest BCUT2D eigenvalue weighted by molar-refractivity contribution is 7.22. The number of Topliss-reactive ketones (excluding diaryl/α,β-unsaturated/α-hetero) is 1. The first-order valence-corrected chi connectivity index (χ1v) is 15.5. The molecular weight excluding hydrogens is 588 g/mol. The number of fused-ring (bicyclic) bond motifs is 2. The van der Waals surface area contributed by atoms with Crippen molar-refractivity contribution in [1.82, 2.24) is 4.98 Å². The van der Waals surface area contributed by atoms with Gasteiger partial charge in [-0.1, -0.05) is 42.3 Å². The molecule has 4 aromatic rings. The lowest BCUT2D eigenvalue weighted by atomic mass is 9.94. The van der Waals surface area contributed by atoms with Crippen LogP contribution in [0.2, 0.25) is 5.02 Å². The fourth-order valence-electron chi connectivity index (χ4n) is 5.47. The Morgan fingerprint density at radius 2 is 1.93 bits per heavy atom. The third-order valence-corrected chi connectivity index (χ3v) is 8.75. The number of nitrogens with zero attached hydrogens (tertiary/aromatic N) is 2. The van der Waals surface area contributed by atoms with Crippen molar-refractivity contribution in [2.24, 2.45) is 0 Å². The van der Waals surface area contributed by atoms with E-state index in [0.717, 1.165) is 28.9 Å². The summed E-state index contributed by atoms with van der Waals surface area (Å²) >= 11 is 7.47. The van der Waals surface area contributed by atoms with Crippen LogP contribution in [0.4, 0.5) is 5.13 Å². The number of aromatic nitrogens is 1. The molecule has 3 aromatic carbocycles. The first kappa shape index (κ1) is 29.0. The van der Waals surface area contributed by atoms with Gasteiger partial charge in [-0.15, -0.1) is 0 Å². The number of aliphatic hydroxyl groups excluding tert-OH is 1. The molecule has 0 spiro atoms. The fraction of sp³-hybridized carbons (Fsp3) is 0.303.